The number of fused-ring (bicyclic) bond motifs is 3. The van der Waals surface area contributed by atoms with Crippen LogP contribution in [0.4, 0.5) is 34.1 Å². The maximum Gasteiger partial charge on any atom is 0.357 e. The first-order valence-electron chi connectivity index (χ1n) is 32.6. The topological polar surface area (TPSA) is 273 Å². The van der Waals surface area contributed by atoms with Crippen LogP contribution in [0.5, 0.6) is 0 Å². The van der Waals surface area contributed by atoms with E-state index in [2.05, 4.69) is 0 Å². The molecule has 3 saturated heterocycles. The van der Waals surface area contributed by atoms with Crippen LogP contribution >= 0.6 is 68.8 Å². The standard InChI is InChI=1S/C25H21ClN4O4S.C23H26ClN5O4S.C22H24ClN5O4S/c26-18-8-9-20-19(15-18)22(27-10-12-28(13-11-27)24(31)21-7-4-14-35-21)23(30(33)34)25(32)29(20)16-17-5-2-1-3-6-17;1-25(2)8-4-9-28-18-7-6-16(24)15-17(18)20(21(23(28)31)29(32)33)26-10-12-27(13-11-26)22(30)19-5-3-14-34-19;1-24(2)7-12-27-17-6-5-15(23)14-16(17)19(20(22(27)30)28(31)32)25-8-10-26(11-9-25)21(29)18-4-3-13-33-18/h1-9,14-15H,10-13,16H2;3,5-7,14-15H,4,8-13H2,1-2H3;3-6,13-14H,7-12H2,1-2H3. The molecule has 13 rings (SSSR count). The molecule has 6 aromatic heterocycles. The largest absolute Gasteiger partial charge is 0.362 e. The molecule has 0 atom stereocenters. The average molecular weight is 1500 g/mol. The average Bonchev–Trinajstić information content (AvgIpc) is 0.835. The Morgan fingerprint density at radius 1 is 0.422 bits per heavy atom. The number of nitro groups is 3. The van der Waals surface area contributed by atoms with Crippen LogP contribution < -0.4 is 31.4 Å². The molecule has 4 aromatic carbocycles. The molecule has 26 nitrogen and oxygen atoms in total. The summed E-state index contributed by atoms with van der Waals surface area (Å²) in [6.07, 6.45) is 0.671. The number of thiophene rings is 3. The van der Waals surface area contributed by atoms with Gasteiger partial charge in [0.1, 0.15) is 17.1 Å². The van der Waals surface area contributed by atoms with Crippen LogP contribution in [-0.2, 0) is 19.6 Å². The highest BCUT2D eigenvalue weighted by Gasteiger charge is 2.37. The summed E-state index contributed by atoms with van der Waals surface area (Å²) >= 11 is 23.0. The van der Waals surface area contributed by atoms with Gasteiger partial charge in [-0.1, -0.05) is 83.3 Å². The quantitative estimate of drug-likeness (QED) is 0.0570. The number of carbonyl (C=O) groups is 3. The minimum atomic E-state index is -0.666. The molecule has 32 heteroatoms. The van der Waals surface area contributed by atoms with Gasteiger partial charge in [0.05, 0.1) is 52.5 Å². The van der Waals surface area contributed by atoms with Gasteiger partial charge < -0.3 is 48.3 Å². The normalized spacial score (nSPS) is 14.1. The lowest BCUT2D eigenvalue weighted by atomic mass is 10.1. The third-order valence-corrected chi connectivity index (χ3v) is 21.1. The van der Waals surface area contributed by atoms with Crippen LogP contribution in [0.1, 0.15) is 41.0 Å². The Balaban J connectivity index is 0.000000154. The van der Waals surface area contributed by atoms with Gasteiger partial charge >= 0.3 is 33.7 Å². The van der Waals surface area contributed by atoms with E-state index in [1.54, 1.807) is 87.5 Å². The number of anilines is 3. The van der Waals surface area contributed by atoms with Gasteiger partial charge in [-0.2, -0.15) is 0 Å². The summed E-state index contributed by atoms with van der Waals surface area (Å²) in [6, 6.07) is 35.5. The van der Waals surface area contributed by atoms with Gasteiger partial charge in [-0.3, -0.25) is 63.7 Å². The summed E-state index contributed by atoms with van der Waals surface area (Å²) in [6.45, 7) is 6.80. The molecular formula is C70H71Cl3N14O12S3. The first-order chi connectivity index (χ1) is 49.0. The minimum absolute atomic E-state index is 0.0478. The number of carbonyl (C=O) groups excluding carboxylic acids is 3. The SMILES string of the molecule is CN(C)CCCn1c(=O)c([N+](=O)[O-])c(N2CCN(C(=O)c3cccs3)CC2)c2cc(Cl)ccc21.CN(C)CCn1c(=O)c([N+](=O)[O-])c(N2CCN(C(=O)c3cccs3)CC2)c2cc(Cl)ccc21.O=C(c1cccs1)N1CCN(c2c([N+](=O)[O-])c(=O)n(Cc3ccccc3)c3ccc(Cl)cc23)CC1. The number of piperazine rings is 3. The Hall–Kier alpha value is -9.59. The van der Waals surface area contributed by atoms with Crippen molar-refractivity contribution in [2.45, 2.75) is 26.1 Å². The second kappa shape index (κ2) is 32.6. The first kappa shape index (κ1) is 73.6. The molecule has 3 aliphatic rings. The molecule has 3 amide bonds. The second-order valence-electron chi connectivity index (χ2n) is 24.9. The fourth-order valence-corrected chi connectivity index (χ4v) is 15.5. The number of nitrogens with zero attached hydrogens (tertiary/aromatic N) is 14. The monoisotopic (exact) mass is 1500 g/mol. The highest BCUT2D eigenvalue weighted by atomic mass is 35.5. The van der Waals surface area contributed by atoms with Gasteiger partial charge in [0.15, 0.2) is 0 Å². The predicted octanol–water partition coefficient (Wildman–Crippen LogP) is 11.3. The van der Waals surface area contributed by atoms with Gasteiger partial charge in [-0.15, -0.1) is 34.0 Å². The lowest BCUT2D eigenvalue weighted by molar-refractivity contribution is -0.385. The van der Waals surface area contributed by atoms with Crippen LogP contribution in [0.15, 0.2) is 152 Å². The fraction of sp³-hybridized carbons (Fsp3) is 0.314. The Bertz CT molecular complexity index is 4960. The summed E-state index contributed by atoms with van der Waals surface area (Å²) < 4.78 is 4.36. The summed E-state index contributed by atoms with van der Waals surface area (Å²) in [5.41, 5.74) is 0.143. The number of halogens is 3. The highest BCUT2D eigenvalue weighted by Crippen LogP contribution is 2.40. The van der Waals surface area contributed by atoms with E-state index < -0.39 is 48.5 Å². The number of pyridine rings is 3. The molecule has 3 fully saturated rings. The van der Waals surface area contributed by atoms with E-state index in [1.165, 1.54) is 47.7 Å². The van der Waals surface area contributed by atoms with Crippen molar-refractivity contribution in [2.75, 3.05) is 135 Å². The summed E-state index contributed by atoms with van der Waals surface area (Å²) in [5, 5.41) is 45.0. The summed E-state index contributed by atoms with van der Waals surface area (Å²) in [4.78, 5) is 130. The van der Waals surface area contributed by atoms with Crippen molar-refractivity contribution in [3.05, 3.63) is 234 Å². The summed E-state index contributed by atoms with van der Waals surface area (Å²) in [7, 11) is 7.64. The summed E-state index contributed by atoms with van der Waals surface area (Å²) in [5.74, 6) is -0.153. The Morgan fingerprint density at radius 3 is 1.06 bits per heavy atom. The smallest absolute Gasteiger partial charge is 0.357 e. The molecule has 0 radical (unpaired) electrons. The number of likely N-dealkylation sites (N-methyl/N-ethyl adjacent to an activating group) is 1. The number of hydrogen-bond acceptors (Lipinski definition) is 20. The van der Waals surface area contributed by atoms with Gasteiger partial charge in [0.25, 0.3) is 17.7 Å². The zero-order valence-corrected chi connectivity index (χ0v) is 60.7. The van der Waals surface area contributed by atoms with Crippen LogP contribution in [0.2, 0.25) is 15.1 Å². The fourth-order valence-electron chi connectivity index (χ4n) is 12.9. The second-order valence-corrected chi connectivity index (χ2v) is 29.0. The number of aryl methyl sites for hydroxylation is 1. The van der Waals surface area contributed by atoms with Crippen LogP contribution in [0.25, 0.3) is 32.7 Å². The highest BCUT2D eigenvalue weighted by molar-refractivity contribution is 7.12. The Kier molecular flexibility index (Phi) is 23.5. The van der Waals surface area contributed by atoms with E-state index in [0.717, 1.165) is 12.1 Å². The number of aromatic nitrogens is 3. The molecule has 0 N–H and O–H groups in total. The van der Waals surface area contributed by atoms with Crippen molar-refractivity contribution < 1.29 is 29.2 Å². The minimum Gasteiger partial charge on any atom is -0.362 e. The lowest BCUT2D eigenvalue weighted by Gasteiger charge is -2.36. The van der Waals surface area contributed by atoms with Crippen LogP contribution in [-0.4, -0.2) is 191 Å². The van der Waals surface area contributed by atoms with Crippen molar-refractivity contribution >= 4 is 153 Å². The van der Waals surface area contributed by atoms with Gasteiger partial charge in [-0.25, -0.2) is 0 Å². The van der Waals surface area contributed by atoms with E-state index in [4.69, 9.17) is 34.8 Å². The number of amides is 3. The molecule has 9 heterocycles. The van der Waals surface area contributed by atoms with Crippen LogP contribution in [0, 0.1) is 30.3 Å². The molecular weight excluding hydrogens is 1430 g/mol. The third kappa shape index (κ3) is 16.2. The van der Waals surface area contributed by atoms with E-state index in [9.17, 15) is 59.1 Å². The first-order valence-corrected chi connectivity index (χ1v) is 36.3. The van der Waals surface area contributed by atoms with Crippen molar-refractivity contribution in [3.63, 3.8) is 0 Å². The number of rotatable bonds is 18. The zero-order chi connectivity index (χ0) is 72.6. The molecule has 532 valence electrons. The molecule has 0 unspecified atom stereocenters. The molecule has 0 aliphatic carbocycles. The Morgan fingerprint density at radius 2 is 0.745 bits per heavy atom. The zero-order valence-electron chi connectivity index (χ0n) is 56.0. The van der Waals surface area contributed by atoms with Gasteiger partial charge in [-0.05, 0) is 136 Å². The predicted molar refractivity (Wildman–Crippen MR) is 404 cm³/mol. The molecule has 10 aromatic rings. The van der Waals surface area contributed by atoms with E-state index in [-0.39, 0.29) is 41.3 Å². The van der Waals surface area contributed by atoms with Crippen LogP contribution in [0.3, 0.4) is 0 Å². The molecule has 102 heavy (non-hydrogen) atoms. The number of benzene rings is 4. The molecule has 0 bridgehead atoms. The molecule has 3 aliphatic heterocycles. The lowest BCUT2D eigenvalue weighted by Crippen LogP contribution is -2.49. The van der Waals surface area contributed by atoms with Crippen molar-refractivity contribution in [3.8, 4) is 0 Å². The van der Waals surface area contributed by atoms with Crippen molar-refractivity contribution in [2.24, 2.45) is 0 Å². The van der Waals surface area contributed by atoms with E-state index in [0.29, 0.717) is 167 Å². The maximum atomic E-state index is 13.5. The van der Waals surface area contributed by atoms with Crippen molar-refractivity contribution in [1.29, 1.82) is 0 Å². The number of hydrogen-bond donors (Lipinski definition) is 0. The van der Waals surface area contributed by atoms with Crippen molar-refractivity contribution in [1.82, 2.24) is 38.2 Å². The van der Waals surface area contributed by atoms with E-state index in [1.807, 2.05) is 117 Å². The molecule has 0 saturated carbocycles. The third-order valence-electron chi connectivity index (χ3n) is 17.9. The van der Waals surface area contributed by atoms with Gasteiger partial charge in [0, 0.05) is 129 Å². The van der Waals surface area contributed by atoms with E-state index >= 15 is 0 Å². The molecule has 0 spiro atoms. The Labute approximate surface area is 611 Å². The maximum absolute atomic E-state index is 13.5. The van der Waals surface area contributed by atoms with Gasteiger partial charge in [0.2, 0.25) is 0 Å².